The first-order valence-corrected chi connectivity index (χ1v) is 11.7. The van der Waals surface area contributed by atoms with Crippen LogP contribution in [0.1, 0.15) is 5.56 Å². The normalized spacial score (nSPS) is 10.8. The maximum atomic E-state index is 11.4. The van der Waals surface area contributed by atoms with Gasteiger partial charge in [-0.05, 0) is 42.5 Å². The van der Waals surface area contributed by atoms with Crippen LogP contribution in [0.4, 0.5) is 11.4 Å². The maximum Gasteiger partial charge on any atom is 0.269 e. The lowest BCUT2D eigenvalue weighted by molar-refractivity contribution is -0.384. The van der Waals surface area contributed by atoms with Crippen molar-refractivity contribution in [3.05, 3.63) is 125 Å². The minimum Gasteiger partial charge on any atom is -1.00 e. The Balaban J connectivity index is 0.00000272. The summed E-state index contributed by atoms with van der Waals surface area (Å²) in [5.74, 6) is 0. The summed E-state index contributed by atoms with van der Waals surface area (Å²) in [6.45, 7) is 0. The van der Waals surface area contributed by atoms with Crippen molar-refractivity contribution in [2.24, 2.45) is 0 Å². The van der Waals surface area contributed by atoms with Crippen LogP contribution in [0.5, 0.6) is 0 Å². The van der Waals surface area contributed by atoms with Crippen LogP contribution in [-0.4, -0.2) is 4.92 Å². The number of anilines is 1. The third kappa shape index (κ3) is 4.53. The number of nitrogens with two attached hydrogens (primary N) is 1. The molecule has 6 heteroatoms. The van der Waals surface area contributed by atoms with E-state index in [9.17, 15) is 10.1 Å². The van der Waals surface area contributed by atoms with Crippen molar-refractivity contribution in [3.8, 4) is 0 Å². The van der Waals surface area contributed by atoms with Crippen LogP contribution in [0.15, 0.2) is 109 Å². The van der Waals surface area contributed by atoms with Crippen molar-refractivity contribution in [2.75, 3.05) is 5.73 Å². The smallest absolute Gasteiger partial charge is 0.269 e. The number of nitro groups is 1. The van der Waals surface area contributed by atoms with Gasteiger partial charge < -0.3 is 22.7 Å². The molecule has 0 aliphatic rings. The van der Waals surface area contributed by atoms with Gasteiger partial charge in [0.05, 0.1) is 4.92 Å². The zero-order valence-electron chi connectivity index (χ0n) is 16.8. The van der Waals surface area contributed by atoms with Gasteiger partial charge in [0, 0.05) is 23.4 Å². The van der Waals surface area contributed by atoms with Crippen molar-refractivity contribution in [1.82, 2.24) is 0 Å². The zero-order valence-corrected chi connectivity index (χ0v) is 19.2. The van der Waals surface area contributed by atoms with E-state index in [1.54, 1.807) is 12.1 Å². The van der Waals surface area contributed by atoms with Crippen molar-refractivity contribution in [2.45, 2.75) is 6.16 Å². The summed E-state index contributed by atoms with van der Waals surface area (Å²) in [5, 5.41) is 15.1. The highest BCUT2D eigenvalue weighted by Gasteiger charge is 2.45. The molecule has 4 nitrogen and oxygen atoms in total. The maximum absolute atomic E-state index is 11.4. The van der Waals surface area contributed by atoms with Crippen molar-refractivity contribution >= 4 is 34.6 Å². The molecule has 0 bridgehead atoms. The van der Waals surface area contributed by atoms with Gasteiger partial charge in [-0.25, -0.2) is 0 Å². The Morgan fingerprint density at radius 3 is 1.52 bits per heavy atom. The van der Waals surface area contributed by atoms with Gasteiger partial charge in [-0.3, -0.25) is 10.1 Å². The molecule has 0 fully saturated rings. The standard InChI is InChI=1S/C25H22N2O2P.BrH/c26-25-17-16-21(27(28)29)18-20(25)19-30(22-10-4-1-5-11-22,23-12-6-2-7-13-23)24-14-8-3-9-15-24;/h1-18H,19,26H2;1H/q+1;/p-1. The summed E-state index contributed by atoms with van der Waals surface area (Å²) in [7, 11) is -2.15. The second-order valence-corrected chi connectivity index (χ2v) is 10.6. The van der Waals surface area contributed by atoms with E-state index in [4.69, 9.17) is 5.73 Å². The largest absolute Gasteiger partial charge is 1.00 e. The lowest BCUT2D eigenvalue weighted by atomic mass is 10.2. The third-order valence-electron chi connectivity index (χ3n) is 5.34. The average molecular weight is 493 g/mol. The topological polar surface area (TPSA) is 69.2 Å². The highest BCUT2D eigenvalue weighted by Crippen LogP contribution is 2.58. The van der Waals surface area contributed by atoms with E-state index < -0.39 is 7.26 Å². The van der Waals surface area contributed by atoms with Crippen LogP contribution in [0, 0.1) is 10.1 Å². The number of non-ortho nitro benzene ring substituents is 1. The minimum atomic E-state index is -2.15. The first-order chi connectivity index (χ1) is 14.6. The molecule has 4 aromatic carbocycles. The van der Waals surface area contributed by atoms with Crippen molar-refractivity contribution in [1.29, 1.82) is 0 Å². The number of hydrogen-bond donors (Lipinski definition) is 1. The fraction of sp³-hybridized carbons (Fsp3) is 0.0400. The molecule has 0 aliphatic heterocycles. The van der Waals surface area contributed by atoms with Crippen LogP contribution >= 0.6 is 7.26 Å². The number of halogens is 1. The SMILES string of the molecule is Nc1ccc([N+](=O)[O-])cc1C[P+](c1ccccc1)(c1ccccc1)c1ccccc1.[Br-]. The molecular weight excluding hydrogens is 471 g/mol. The summed E-state index contributed by atoms with van der Waals surface area (Å²) < 4.78 is 0. The predicted octanol–water partition coefficient (Wildman–Crippen LogP) is 1.68. The quantitative estimate of drug-likeness (QED) is 0.192. The third-order valence-corrected chi connectivity index (χ3v) is 9.69. The lowest BCUT2D eigenvalue weighted by Crippen LogP contribution is -3.00. The molecule has 0 amide bonds. The van der Waals surface area contributed by atoms with E-state index in [1.165, 1.54) is 22.0 Å². The Kier molecular flexibility index (Phi) is 7.21. The predicted molar refractivity (Wildman–Crippen MR) is 126 cm³/mol. The van der Waals surface area contributed by atoms with Gasteiger partial charge in [-0.15, -0.1) is 0 Å². The highest BCUT2D eigenvalue weighted by atomic mass is 79.9. The second-order valence-electron chi connectivity index (χ2n) is 7.11. The first kappa shape index (κ1) is 22.7. The summed E-state index contributed by atoms with van der Waals surface area (Å²) in [4.78, 5) is 11.0. The van der Waals surface area contributed by atoms with E-state index >= 15 is 0 Å². The lowest BCUT2D eigenvalue weighted by Gasteiger charge is -2.28. The Labute approximate surface area is 193 Å². The molecule has 0 saturated carbocycles. The van der Waals surface area contributed by atoms with E-state index in [2.05, 4.69) is 36.4 Å². The molecule has 31 heavy (non-hydrogen) atoms. The number of benzene rings is 4. The summed E-state index contributed by atoms with van der Waals surface area (Å²) in [5.41, 5.74) is 7.76. The zero-order chi connectivity index (χ0) is 21.0. The first-order valence-electron chi connectivity index (χ1n) is 9.69. The molecule has 0 spiro atoms. The van der Waals surface area contributed by atoms with Gasteiger partial charge >= 0.3 is 0 Å². The van der Waals surface area contributed by atoms with E-state index in [0.717, 1.165) is 5.56 Å². The fourth-order valence-electron chi connectivity index (χ4n) is 3.87. The second kappa shape index (κ2) is 9.86. The molecule has 4 aromatic rings. The molecule has 0 radical (unpaired) electrons. The Bertz CT molecular complexity index is 1060. The van der Waals surface area contributed by atoms with Gasteiger partial charge in [0.1, 0.15) is 29.3 Å². The minimum absolute atomic E-state index is 0. The van der Waals surface area contributed by atoms with Crippen LogP contribution < -0.4 is 38.6 Å². The molecule has 0 saturated heterocycles. The van der Waals surface area contributed by atoms with Crippen LogP contribution in [0.2, 0.25) is 0 Å². The monoisotopic (exact) mass is 492 g/mol. The molecule has 0 unspecified atom stereocenters. The number of nitrogen functional groups attached to an aromatic ring is 1. The number of hydrogen-bond acceptors (Lipinski definition) is 3. The summed E-state index contributed by atoms with van der Waals surface area (Å²) >= 11 is 0. The van der Waals surface area contributed by atoms with Gasteiger partial charge in [0.15, 0.2) is 0 Å². The molecule has 0 aromatic heterocycles. The average Bonchev–Trinajstić information content (AvgIpc) is 2.80. The van der Waals surface area contributed by atoms with Gasteiger partial charge in [-0.1, -0.05) is 54.6 Å². The van der Waals surface area contributed by atoms with Crippen LogP contribution in [0.25, 0.3) is 0 Å². The number of nitro benzene ring substituents is 1. The van der Waals surface area contributed by atoms with Crippen LogP contribution in [0.3, 0.4) is 0 Å². The Morgan fingerprint density at radius 2 is 1.13 bits per heavy atom. The van der Waals surface area contributed by atoms with Gasteiger partial charge in [0.2, 0.25) is 0 Å². The van der Waals surface area contributed by atoms with Crippen molar-refractivity contribution in [3.63, 3.8) is 0 Å². The molecule has 0 heterocycles. The summed E-state index contributed by atoms with van der Waals surface area (Å²) in [6.07, 6.45) is 0.610. The van der Waals surface area contributed by atoms with E-state index in [-0.39, 0.29) is 27.6 Å². The van der Waals surface area contributed by atoms with Crippen LogP contribution in [-0.2, 0) is 6.16 Å². The Morgan fingerprint density at radius 1 is 0.710 bits per heavy atom. The fourth-order valence-corrected chi connectivity index (χ4v) is 8.14. The van der Waals surface area contributed by atoms with E-state index in [1.807, 2.05) is 54.6 Å². The molecule has 4 rings (SSSR count). The summed E-state index contributed by atoms with van der Waals surface area (Å²) in [6, 6.07) is 36.0. The van der Waals surface area contributed by atoms with Gasteiger partial charge in [-0.2, -0.15) is 0 Å². The van der Waals surface area contributed by atoms with E-state index in [0.29, 0.717) is 11.8 Å². The highest BCUT2D eigenvalue weighted by molar-refractivity contribution is 7.95. The molecule has 156 valence electrons. The molecular formula is C25H22BrN2O2P. The Hall–Kier alpha value is -3.01. The number of rotatable bonds is 6. The molecule has 2 N–H and O–H groups in total. The molecule has 0 atom stereocenters. The van der Waals surface area contributed by atoms with Gasteiger partial charge in [0.25, 0.3) is 5.69 Å². The number of nitrogens with zero attached hydrogens (tertiary/aromatic N) is 1. The molecule has 0 aliphatic carbocycles. The van der Waals surface area contributed by atoms with Crippen molar-refractivity contribution < 1.29 is 21.9 Å².